The molecule has 28 heavy (non-hydrogen) atoms. The van der Waals surface area contributed by atoms with Gasteiger partial charge in [0.1, 0.15) is 10.8 Å². The predicted molar refractivity (Wildman–Crippen MR) is 110 cm³/mol. The zero-order valence-electron chi connectivity index (χ0n) is 15.1. The van der Waals surface area contributed by atoms with E-state index in [4.69, 9.17) is 16.6 Å². The number of aromatic nitrogens is 1. The van der Waals surface area contributed by atoms with Gasteiger partial charge in [0.2, 0.25) is 0 Å². The quantitative estimate of drug-likeness (QED) is 0.626. The van der Waals surface area contributed by atoms with Crippen LogP contribution in [-0.2, 0) is 6.54 Å². The monoisotopic (exact) mass is 415 g/mol. The third-order valence-electron chi connectivity index (χ3n) is 4.78. The molecular weight excluding hydrogens is 397 g/mol. The largest absolute Gasteiger partial charge is 0.336 e. The van der Waals surface area contributed by atoms with E-state index in [1.54, 1.807) is 16.2 Å². The third-order valence-corrected chi connectivity index (χ3v) is 6.03. The molecule has 4 rings (SSSR count). The molecule has 1 aliphatic heterocycles. The van der Waals surface area contributed by atoms with Crippen molar-refractivity contribution in [1.82, 2.24) is 14.8 Å². The number of rotatable bonds is 4. The van der Waals surface area contributed by atoms with E-state index in [-0.39, 0.29) is 10.9 Å². The number of halogens is 2. The lowest BCUT2D eigenvalue weighted by atomic mass is 10.1. The lowest BCUT2D eigenvalue weighted by Gasteiger charge is -2.34. The van der Waals surface area contributed by atoms with Gasteiger partial charge in [-0.1, -0.05) is 41.9 Å². The summed E-state index contributed by atoms with van der Waals surface area (Å²) in [6.07, 6.45) is 0. The molecule has 4 nitrogen and oxygen atoms in total. The molecule has 0 atom stereocenters. The maximum Gasteiger partial charge on any atom is 0.255 e. The molecule has 7 heteroatoms. The van der Waals surface area contributed by atoms with Gasteiger partial charge >= 0.3 is 0 Å². The van der Waals surface area contributed by atoms with Crippen molar-refractivity contribution in [3.8, 4) is 10.6 Å². The number of carbonyl (C=O) groups excluding carboxylic acids is 1. The molecule has 2 heterocycles. The summed E-state index contributed by atoms with van der Waals surface area (Å²) in [5.74, 6) is -0.589. The normalized spacial score (nSPS) is 15.0. The first-order valence-corrected chi connectivity index (χ1v) is 10.3. The van der Waals surface area contributed by atoms with Crippen molar-refractivity contribution in [3.05, 3.63) is 76.0 Å². The van der Waals surface area contributed by atoms with Crippen LogP contribution in [0, 0.1) is 5.82 Å². The van der Waals surface area contributed by atoms with Gasteiger partial charge in [-0.25, -0.2) is 9.37 Å². The minimum atomic E-state index is -0.440. The molecule has 144 valence electrons. The van der Waals surface area contributed by atoms with E-state index >= 15 is 0 Å². The Bertz CT molecular complexity index is 971. The number of piperazine rings is 1. The summed E-state index contributed by atoms with van der Waals surface area (Å²) in [6.45, 7) is 3.53. The van der Waals surface area contributed by atoms with Crippen molar-refractivity contribution in [1.29, 1.82) is 0 Å². The van der Waals surface area contributed by atoms with Gasteiger partial charge in [-0.2, -0.15) is 0 Å². The highest BCUT2D eigenvalue weighted by molar-refractivity contribution is 7.13. The number of carbonyl (C=O) groups is 1. The zero-order valence-corrected chi connectivity index (χ0v) is 16.7. The molecule has 0 saturated carbocycles. The summed E-state index contributed by atoms with van der Waals surface area (Å²) in [4.78, 5) is 21.4. The molecule has 0 radical (unpaired) electrons. The van der Waals surface area contributed by atoms with Crippen LogP contribution in [-0.4, -0.2) is 46.9 Å². The fourth-order valence-corrected chi connectivity index (χ4v) is 4.33. The Morgan fingerprint density at radius 3 is 2.57 bits per heavy atom. The third kappa shape index (κ3) is 4.24. The fourth-order valence-electron chi connectivity index (χ4n) is 3.26. The van der Waals surface area contributed by atoms with Crippen LogP contribution in [0.25, 0.3) is 10.6 Å². The van der Waals surface area contributed by atoms with E-state index in [0.717, 1.165) is 35.9 Å². The minimum absolute atomic E-state index is 0.148. The van der Waals surface area contributed by atoms with Gasteiger partial charge in [-0.3, -0.25) is 9.69 Å². The van der Waals surface area contributed by atoms with E-state index in [2.05, 4.69) is 22.4 Å². The number of nitrogens with zero attached hydrogens (tertiary/aromatic N) is 3. The van der Waals surface area contributed by atoms with Gasteiger partial charge in [-0.05, 0) is 18.2 Å². The summed E-state index contributed by atoms with van der Waals surface area (Å²) in [7, 11) is 0. The van der Waals surface area contributed by atoms with Crippen LogP contribution in [0.5, 0.6) is 0 Å². The van der Waals surface area contributed by atoms with Crippen LogP contribution in [0.4, 0.5) is 4.39 Å². The molecule has 1 fully saturated rings. The maximum absolute atomic E-state index is 13.2. The van der Waals surface area contributed by atoms with Crippen molar-refractivity contribution < 1.29 is 9.18 Å². The Kier molecular flexibility index (Phi) is 5.71. The van der Waals surface area contributed by atoms with Crippen LogP contribution in [0.2, 0.25) is 5.02 Å². The van der Waals surface area contributed by atoms with Crippen molar-refractivity contribution in [3.63, 3.8) is 0 Å². The summed E-state index contributed by atoms with van der Waals surface area (Å²) in [6, 6.07) is 14.0. The van der Waals surface area contributed by atoms with Gasteiger partial charge in [0.05, 0.1) is 16.3 Å². The molecule has 1 amide bonds. The molecule has 0 aliphatic carbocycles. The van der Waals surface area contributed by atoms with Crippen molar-refractivity contribution in [2.75, 3.05) is 26.2 Å². The molecule has 1 aromatic heterocycles. The second-order valence-electron chi connectivity index (χ2n) is 6.70. The van der Waals surface area contributed by atoms with Gasteiger partial charge in [0, 0.05) is 43.7 Å². The smallest absolute Gasteiger partial charge is 0.255 e. The summed E-state index contributed by atoms with van der Waals surface area (Å²) in [5.41, 5.74) is 2.53. The standard InChI is InChI=1S/C21H19ClFN3OS/c22-19-12-16(23)6-7-18(19)21(27)26-10-8-25(9-11-26)13-17-14-28-20(24-17)15-4-2-1-3-5-15/h1-7,12,14H,8-11,13H2. The number of thiazole rings is 1. The molecule has 3 aromatic rings. The lowest BCUT2D eigenvalue weighted by molar-refractivity contribution is 0.0627. The van der Waals surface area contributed by atoms with Gasteiger partial charge in [0.25, 0.3) is 5.91 Å². The SMILES string of the molecule is O=C(c1ccc(F)cc1Cl)N1CCN(Cc2csc(-c3ccccc3)n2)CC1. The molecule has 0 N–H and O–H groups in total. The van der Waals surface area contributed by atoms with E-state index in [1.807, 2.05) is 18.2 Å². The number of amides is 1. The first kappa shape index (κ1) is 19.1. The first-order valence-electron chi connectivity index (χ1n) is 9.06. The van der Waals surface area contributed by atoms with Crippen molar-refractivity contribution >= 4 is 28.8 Å². The molecule has 1 saturated heterocycles. The highest BCUT2D eigenvalue weighted by Crippen LogP contribution is 2.24. The Hall–Kier alpha value is -2.28. The zero-order chi connectivity index (χ0) is 19.5. The van der Waals surface area contributed by atoms with Crippen LogP contribution in [0.3, 0.4) is 0 Å². The van der Waals surface area contributed by atoms with E-state index in [9.17, 15) is 9.18 Å². The number of benzene rings is 2. The average Bonchev–Trinajstić information content (AvgIpc) is 3.17. The van der Waals surface area contributed by atoms with Crippen molar-refractivity contribution in [2.24, 2.45) is 0 Å². The van der Waals surface area contributed by atoms with Crippen LogP contribution in [0.1, 0.15) is 16.1 Å². The Morgan fingerprint density at radius 1 is 1.11 bits per heavy atom. The molecule has 1 aliphatic rings. The first-order chi connectivity index (χ1) is 13.6. The predicted octanol–water partition coefficient (Wildman–Crippen LogP) is 4.56. The van der Waals surface area contributed by atoms with E-state index in [1.165, 1.54) is 18.2 Å². The fraction of sp³-hybridized carbons (Fsp3) is 0.238. The summed E-state index contributed by atoms with van der Waals surface area (Å²) >= 11 is 7.68. The van der Waals surface area contributed by atoms with Crippen molar-refractivity contribution in [2.45, 2.75) is 6.54 Å². The van der Waals surface area contributed by atoms with E-state index < -0.39 is 5.82 Å². The number of hydrogen-bond acceptors (Lipinski definition) is 4. The molecule has 0 bridgehead atoms. The summed E-state index contributed by atoms with van der Waals surface area (Å²) in [5, 5.41) is 3.27. The molecule has 0 spiro atoms. The lowest BCUT2D eigenvalue weighted by Crippen LogP contribution is -2.48. The second kappa shape index (κ2) is 8.39. The van der Waals surface area contributed by atoms with Crippen LogP contribution in [0.15, 0.2) is 53.9 Å². The van der Waals surface area contributed by atoms with Crippen LogP contribution >= 0.6 is 22.9 Å². The topological polar surface area (TPSA) is 36.4 Å². The Labute approximate surface area is 172 Å². The Balaban J connectivity index is 1.34. The van der Waals surface area contributed by atoms with Gasteiger partial charge in [-0.15, -0.1) is 11.3 Å². The second-order valence-corrected chi connectivity index (χ2v) is 7.97. The highest BCUT2D eigenvalue weighted by atomic mass is 35.5. The highest BCUT2D eigenvalue weighted by Gasteiger charge is 2.24. The van der Waals surface area contributed by atoms with Crippen LogP contribution < -0.4 is 0 Å². The maximum atomic E-state index is 13.2. The average molecular weight is 416 g/mol. The molecule has 0 unspecified atom stereocenters. The van der Waals surface area contributed by atoms with Gasteiger partial charge < -0.3 is 4.90 Å². The van der Waals surface area contributed by atoms with E-state index in [0.29, 0.717) is 18.7 Å². The number of hydrogen-bond donors (Lipinski definition) is 0. The Morgan fingerprint density at radius 2 is 1.86 bits per heavy atom. The minimum Gasteiger partial charge on any atom is -0.336 e. The molecular formula is C21H19ClFN3OS. The molecule has 2 aromatic carbocycles. The summed E-state index contributed by atoms with van der Waals surface area (Å²) < 4.78 is 13.2. The van der Waals surface area contributed by atoms with Gasteiger partial charge in [0.15, 0.2) is 0 Å².